The molecule has 1 aromatic heterocycles. The molecule has 5 rings (SSSR count). The molecule has 3 heterocycles. The predicted molar refractivity (Wildman–Crippen MR) is 151 cm³/mol. The van der Waals surface area contributed by atoms with Crippen molar-refractivity contribution in [2.75, 3.05) is 13.2 Å². The molecule has 0 amide bonds. The van der Waals surface area contributed by atoms with Gasteiger partial charge in [-0.3, -0.25) is 4.79 Å². The fourth-order valence-electron chi connectivity index (χ4n) is 5.06. The Balaban J connectivity index is 1.60. The summed E-state index contributed by atoms with van der Waals surface area (Å²) in [5.41, 5.74) is -0.285. The van der Waals surface area contributed by atoms with Crippen molar-refractivity contribution in [3.8, 4) is 45.8 Å². The van der Waals surface area contributed by atoms with Crippen molar-refractivity contribution >= 4 is 16.9 Å². The molecule has 3 aromatic rings. The standard InChI is InChI=1S/C29H32O18/c1-9(31)42-8-19-22(37)24(39)26(41)28(47-19)44-16-5-11(32)4-15-12(16)6-17(27(43-15)10-2-13(33)20(35)14(34)3-10)45-29-25(40)23(38)21(36)18(7-30)46-29/h2-6,18-19,21-26,28-30,36-41H,7-8H2,1H3,(H3-,32,33,34,35)/p+1/t18-,19-,21+,22+,23-,24-,25+,26+,28+,29+/m0/s1. The Kier molecular flexibility index (Phi) is 9.78. The van der Waals surface area contributed by atoms with Crippen LogP contribution in [0.1, 0.15) is 6.92 Å². The summed E-state index contributed by atoms with van der Waals surface area (Å²) in [6, 6.07) is 5.32. The smallest absolute Gasteiger partial charge is 0.402 e. The topological polar surface area (TPSA) is 297 Å². The van der Waals surface area contributed by atoms with Crippen LogP contribution in [0.3, 0.4) is 0 Å². The highest BCUT2D eigenvalue weighted by atomic mass is 16.7. The van der Waals surface area contributed by atoms with Gasteiger partial charge in [-0.25, -0.2) is 4.42 Å². The largest absolute Gasteiger partial charge is 0.507 e. The second-order valence-corrected chi connectivity index (χ2v) is 10.9. The number of aliphatic hydroxyl groups is 7. The summed E-state index contributed by atoms with van der Waals surface area (Å²) in [6.07, 6.45) is -17.0. The minimum Gasteiger partial charge on any atom is -0.507 e. The minimum atomic E-state index is -1.89. The highest BCUT2D eigenvalue weighted by Crippen LogP contribution is 2.45. The highest BCUT2D eigenvalue weighted by molar-refractivity contribution is 5.89. The quantitative estimate of drug-likeness (QED) is 0.0711. The van der Waals surface area contributed by atoms with Gasteiger partial charge in [0.2, 0.25) is 18.3 Å². The van der Waals surface area contributed by atoms with Crippen LogP contribution in [-0.2, 0) is 19.0 Å². The highest BCUT2D eigenvalue weighted by Gasteiger charge is 2.47. The van der Waals surface area contributed by atoms with E-state index in [-0.39, 0.29) is 33.8 Å². The molecule has 18 heteroatoms. The third kappa shape index (κ3) is 6.77. The summed E-state index contributed by atoms with van der Waals surface area (Å²) in [6.45, 7) is -0.182. The lowest BCUT2D eigenvalue weighted by atomic mass is 9.99. The molecule has 0 unspecified atom stereocenters. The van der Waals surface area contributed by atoms with E-state index in [4.69, 9.17) is 28.1 Å². The van der Waals surface area contributed by atoms with E-state index >= 15 is 0 Å². The molecule has 0 bridgehead atoms. The molecule has 47 heavy (non-hydrogen) atoms. The average molecular weight is 670 g/mol. The molecule has 2 aromatic carbocycles. The number of carbonyl (C=O) groups is 1. The number of aromatic hydroxyl groups is 4. The molecule has 2 fully saturated rings. The molecule has 2 aliphatic heterocycles. The Morgan fingerprint density at radius 2 is 1.30 bits per heavy atom. The van der Waals surface area contributed by atoms with E-state index in [9.17, 15) is 61.0 Å². The Morgan fingerprint density at radius 1 is 0.745 bits per heavy atom. The number of aliphatic hydroxyl groups excluding tert-OH is 7. The third-order valence-electron chi connectivity index (χ3n) is 7.59. The minimum absolute atomic E-state index is 0.0358. The summed E-state index contributed by atoms with van der Waals surface area (Å²) in [7, 11) is 0. The van der Waals surface area contributed by atoms with Crippen LogP contribution in [0.4, 0.5) is 0 Å². The molecule has 10 atom stereocenters. The first-order chi connectivity index (χ1) is 22.2. The van der Waals surface area contributed by atoms with Crippen molar-refractivity contribution in [2.45, 2.75) is 68.3 Å². The first-order valence-electron chi connectivity index (χ1n) is 14.1. The number of phenolic OH excluding ortho intramolecular Hbond substituents is 4. The zero-order chi connectivity index (χ0) is 34.3. The van der Waals surface area contributed by atoms with Crippen LogP contribution in [0.25, 0.3) is 22.3 Å². The first-order valence-corrected chi connectivity index (χ1v) is 14.1. The van der Waals surface area contributed by atoms with Crippen LogP contribution in [0.2, 0.25) is 0 Å². The summed E-state index contributed by atoms with van der Waals surface area (Å²) in [5.74, 6) is -4.52. The van der Waals surface area contributed by atoms with Gasteiger partial charge in [0.05, 0.1) is 18.2 Å². The van der Waals surface area contributed by atoms with E-state index in [0.717, 1.165) is 31.2 Å². The van der Waals surface area contributed by atoms with Gasteiger partial charge in [-0.1, -0.05) is 0 Å². The van der Waals surface area contributed by atoms with E-state index in [1.54, 1.807) is 0 Å². The van der Waals surface area contributed by atoms with Gasteiger partial charge in [-0.2, -0.15) is 0 Å². The van der Waals surface area contributed by atoms with Gasteiger partial charge >= 0.3 is 17.3 Å². The van der Waals surface area contributed by atoms with Gasteiger partial charge in [-0.05, 0) is 0 Å². The van der Waals surface area contributed by atoms with Crippen LogP contribution in [-0.4, -0.2) is 137 Å². The molecule has 2 aliphatic rings. The number of benzene rings is 2. The maximum absolute atomic E-state index is 11.3. The van der Waals surface area contributed by atoms with Gasteiger partial charge in [0.25, 0.3) is 0 Å². The molecule has 11 N–H and O–H groups in total. The monoisotopic (exact) mass is 669 g/mol. The van der Waals surface area contributed by atoms with Crippen molar-refractivity contribution in [3.05, 3.63) is 30.3 Å². The van der Waals surface area contributed by atoms with E-state index < -0.39 is 104 Å². The zero-order valence-corrected chi connectivity index (χ0v) is 24.4. The Labute approximate surface area is 264 Å². The number of fused-ring (bicyclic) bond motifs is 1. The summed E-state index contributed by atoms with van der Waals surface area (Å²) >= 11 is 0. The number of carbonyl (C=O) groups excluding carboxylic acids is 1. The summed E-state index contributed by atoms with van der Waals surface area (Å²) in [5, 5.41) is 113. The predicted octanol–water partition coefficient (Wildman–Crippen LogP) is -1.87. The van der Waals surface area contributed by atoms with Gasteiger partial charge in [-0.15, -0.1) is 0 Å². The molecule has 0 saturated carbocycles. The average Bonchev–Trinajstić information content (AvgIpc) is 3.03. The van der Waals surface area contributed by atoms with Gasteiger partial charge in [0.1, 0.15) is 72.3 Å². The zero-order valence-electron chi connectivity index (χ0n) is 24.4. The lowest BCUT2D eigenvalue weighted by Gasteiger charge is -2.40. The van der Waals surface area contributed by atoms with Crippen molar-refractivity contribution in [3.63, 3.8) is 0 Å². The van der Waals surface area contributed by atoms with E-state index in [2.05, 4.69) is 0 Å². The fourth-order valence-corrected chi connectivity index (χ4v) is 5.06. The van der Waals surface area contributed by atoms with Crippen LogP contribution in [0.15, 0.2) is 34.7 Å². The van der Waals surface area contributed by atoms with E-state index in [0.29, 0.717) is 0 Å². The molecule has 18 nitrogen and oxygen atoms in total. The lowest BCUT2D eigenvalue weighted by Crippen LogP contribution is -2.60. The van der Waals surface area contributed by atoms with Gasteiger partial charge in [0.15, 0.2) is 17.2 Å². The molecule has 0 spiro atoms. The van der Waals surface area contributed by atoms with Crippen LogP contribution in [0.5, 0.6) is 34.5 Å². The number of ether oxygens (including phenoxy) is 5. The van der Waals surface area contributed by atoms with Gasteiger partial charge < -0.3 is 79.9 Å². The third-order valence-corrected chi connectivity index (χ3v) is 7.59. The van der Waals surface area contributed by atoms with Crippen LogP contribution in [0, 0.1) is 0 Å². The first kappa shape index (κ1) is 34.1. The van der Waals surface area contributed by atoms with Crippen LogP contribution >= 0.6 is 0 Å². The molecular formula is C29H33O18+. The van der Waals surface area contributed by atoms with Crippen molar-refractivity contribution in [2.24, 2.45) is 0 Å². The molecular weight excluding hydrogens is 636 g/mol. The Hall–Kier alpha value is -4.24. The Morgan fingerprint density at radius 3 is 1.87 bits per heavy atom. The number of esters is 1. The molecule has 0 aliphatic carbocycles. The number of rotatable bonds is 8. The van der Waals surface area contributed by atoms with E-state index in [1.165, 1.54) is 6.07 Å². The lowest BCUT2D eigenvalue weighted by molar-refractivity contribution is -0.278. The summed E-state index contributed by atoms with van der Waals surface area (Å²) in [4.78, 5) is 11.3. The van der Waals surface area contributed by atoms with Crippen molar-refractivity contribution in [1.82, 2.24) is 0 Å². The number of phenols is 4. The normalized spacial score (nSPS) is 31.0. The second kappa shape index (κ2) is 13.5. The molecule has 256 valence electrons. The number of hydrogen-bond donors (Lipinski definition) is 11. The molecule has 2 saturated heterocycles. The van der Waals surface area contributed by atoms with Crippen LogP contribution < -0.4 is 9.47 Å². The van der Waals surface area contributed by atoms with Crippen molar-refractivity contribution in [1.29, 1.82) is 0 Å². The van der Waals surface area contributed by atoms with Gasteiger partial charge in [0, 0.05) is 31.2 Å². The maximum Gasteiger partial charge on any atom is 0.402 e. The van der Waals surface area contributed by atoms with Crippen molar-refractivity contribution < 1.29 is 89.1 Å². The Bertz CT molecular complexity index is 1590. The summed E-state index contributed by atoms with van der Waals surface area (Å²) < 4.78 is 33.4. The second-order valence-electron chi connectivity index (χ2n) is 10.9. The fraction of sp³-hybridized carbons (Fsp3) is 0.448. The van der Waals surface area contributed by atoms with E-state index in [1.807, 2.05) is 0 Å². The maximum atomic E-state index is 11.3. The molecule has 0 radical (unpaired) electrons. The number of hydrogen-bond acceptors (Lipinski definition) is 17. The SMILES string of the molecule is CC(=O)OC[C@@H]1O[C@@H](Oc2cc(O)cc3[o+]c(-c4cc(O)c(O)c(O)c4)c(O[C@@H]4O[C@@H](CO)[C@@H](O)[C@H](O)[C@H]4O)cc23)[C@H](O)[C@@H](O)[C@@H]1O.